The summed E-state index contributed by atoms with van der Waals surface area (Å²) in [7, 11) is 1.36. The van der Waals surface area contributed by atoms with Crippen molar-refractivity contribution in [3.63, 3.8) is 0 Å². The second kappa shape index (κ2) is 3.11. The Kier molecular flexibility index (Phi) is 2.02. The first kappa shape index (κ1) is 9.75. The third kappa shape index (κ3) is 1.72. The Bertz CT molecular complexity index is 491. The van der Waals surface area contributed by atoms with Crippen molar-refractivity contribution in [2.45, 2.75) is 6.18 Å². The van der Waals surface area contributed by atoms with Crippen LogP contribution in [0.3, 0.4) is 0 Å². The summed E-state index contributed by atoms with van der Waals surface area (Å²) >= 11 is 0. The first-order chi connectivity index (χ1) is 7.00. The van der Waals surface area contributed by atoms with Crippen molar-refractivity contribution >= 4 is 11.2 Å². The number of methoxy groups -OCH3 is 1. The van der Waals surface area contributed by atoms with Gasteiger partial charge in [-0.1, -0.05) is 0 Å². The average molecular weight is 217 g/mol. The van der Waals surface area contributed by atoms with Crippen LogP contribution in [-0.4, -0.2) is 22.1 Å². The van der Waals surface area contributed by atoms with E-state index in [1.165, 1.54) is 13.2 Å². The largest absolute Gasteiger partial charge is 0.468 e. The number of nitrogens with zero attached hydrogens (tertiary/aromatic N) is 2. The molecule has 0 aliphatic carbocycles. The van der Waals surface area contributed by atoms with Crippen LogP contribution in [-0.2, 0) is 6.18 Å². The van der Waals surface area contributed by atoms with Crippen LogP contribution in [0.2, 0.25) is 0 Å². The van der Waals surface area contributed by atoms with Gasteiger partial charge in [-0.25, -0.2) is 4.98 Å². The maximum absolute atomic E-state index is 12.3. The minimum atomic E-state index is -4.46. The van der Waals surface area contributed by atoms with Crippen LogP contribution in [0.1, 0.15) is 5.69 Å². The fourth-order valence-electron chi connectivity index (χ4n) is 1.13. The molecule has 1 N–H and O–H groups in total. The fourth-order valence-corrected chi connectivity index (χ4v) is 1.13. The summed E-state index contributed by atoms with van der Waals surface area (Å²) in [5.41, 5.74) is -0.578. The fraction of sp³-hybridized carbons (Fsp3) is 0.250. The van der Waals surface area contributed by atoms with E-state index < -0.39 is 11.9 Å². The van der Waals surface area contributed by atoms with Gasteiger partial charge in [0.15, 0.2) is 5.65 Å². The van der Waals surface area contributed by atoms with Gasteiger partial charge in [0.25, 0.3) is 6.01 Å². The first-order valence-electron chi connectivity index (χ1n) is 3.98. The van der Waals surface area contributed by atoms with E-state index in [4.69, 9.17) is 4.74 Å². The highest BCUT2D eigenvalue weighted by Gasteiger charge is 2.32. The molecule has 0 fully saturated rings. The first-order valence-corrected chi connectivity index (χ1v) is 3.98. The molecule has 0 aliphatic heterocycles. The molecule has 0 aliphatic rings. The molecule has 2 rings (SSSR count). The molecule has 0 atom stereocenters. The van der Waals surface area contributed by atoms with E-state index in [-0.39, 0.29) is 11.7 Å². The minimum absolute atomic E-state index is 0.0123. The lowest BCUT2D eigenvalue weighted by atomic mass is 10.3. The molecule has 2 aromatic rings. The zero-order valence-electron chi connectivity index (χ0n) is 7.59. The third-order valence-corrected chi connectivity index (χ3v) is 1.81. The molecule has 7 heteroatoms. The smallest absolute Gasteiger partial charge is 0.433 e. The maximum atomic E-state index is 12.3. The number of halogens is 3. The predicted octanol–water partition coefficient (Wildman–Crippen LogP) is 1.99. The van der Waals surface area contributed by atoms with Crippen LogP contribution >= 0.6 is 0 Å². The van der Waals surface area contributed by atoms with Crippen LogP contribution in [0, 0.1) is 0 Å². The van der Waals surface area contributed by atoms with Crippen molar-refractivity contribution in [3.05, 3.63) is 17.8 Å². The maximum Gasteiger partial charge on any atom is 0.433 e. The molecule has 0 unspecified atom stereocenters. The highest BCUT2D eigenvalue weighted by atomic mass is 19.4. The molecular weight excluding hydrogens is 211 g/mol. The topological polar surface area (TPSA) is 50.8 Å². The summed E-state index contributed by atoms with van der Waals surface area (Å²) < 4.78 is 41.6. The van der Waals surface area contributed by atoms with E-state index in [2.05, 4.69) is 15.0 Å². The Morgan fingerprint density at radius 3 is 2.60 bits per heavy atom. The zero-order valence-corrected chi connectivity index (χ0v) is 7.59. The molecule has 0 bridgehead atoms. The third-order valence-electron chi connectivity index (χ3n) is 1.81. The number of pyridine rings is 1. The molecule has 0 amide bonds. The highest BCUT2D eigenvalue weighted by molar-refractivity contribution is 5.71. The number of hydrogen-bond acceptors (Lipinski definition) is 3. The summed E-state index contributed by atoms with van der Waals surface area (Å²) in [5, 5.41) is 0. The Labute approximate surface area is 82.1 Å². The minimum Gasteiger partial charge on any atom is -0.468 e. The summed E-state index contributed by atoms with van der Waals surface area (Å²) in [5.74, 6) is 0. The van der Waals surface area contributed by atoms with Gasteiger partial charge in [0.05, 0.1) is 12.6 Å². The lowest BCUT2D eigenvalue weighted by molar-refractivity contribution is -0.141. The molecule has 0 radical (unpaired) electrons. The van der Waals surface area contributed by atoms with Crippen LogP contribution in [0.25, 0.3) is 11.2 Å². The van der Waals surface area contributed by atoms with Gasteiger partial charge in [-0.05, 0) is 12.1 Å². The van der Waals surface area contributed by atoms with E-state index in [1.807, 2.05) is 0 Å². The molecule has 15 heavy (non-hydrogen) atoms. The van der Waals surface area contributed by atoms with E-state index in [0.29, 0.717) is 5.52 Å². The van der Waals surface area contributed by atoms with Crippen LogP contribution < -0.4 is 4.74 Å². The predicted molar refractivity (Wildman–Crippen MR) is 45.4 cm³/mol. The van der Waals surface area contributed by atoms with Gasteiger partial charge >= 0.3 is 6.18 Å². The molecule has 2 heterocycles. The lowest BCUT2D eigenvalue weighted by Gasteiger charge is -2.03. The number of rotatable bonds is 1. The van der Waals surface area contributed by atoms with Crippen molar-refractivity contribution in [3.8, 4) is 6.01 Å². The quantitative estimate of drug-likeness (QED) is 0.794. The SMILES string of the molecule is COc1nc2nc(C(F)(F)F)ccc2[nH]1. The summed E-state index contributed by atoms with van der Waals surface area (Å²) in [6.45, 7) is 0. The second-order valence-corrected chi connectivity index (χ2v) is 2.81. The van der Waals surface area contributed by atoms with Gasteiger partial charge in [0, 0.05) is 0 Å². The summed E-state index contributed by atoms with van der Waals surface area (Å²) in [4.78, 5) is 9.74. The second-order valence-electron chi connectivity index (χ2n) is 2.81. The van der Waals surface area contributed by atoms with Crippen molar-refractivity contribution in [1.29, 1.82) is 0 Å². The molecule has 0 aromatic carbocycles. The molecule has 2 aromatic heterocycles. The molecule has 0 spiro atoms. The normalized spacial score (nSPS) is 12.0. The number of aromatic amines is 1. The van der Waals surface area contributed by atoms with E-state index in [0.717, 1.165) is 6.07 Å². The standard InChI is InChI=1S/C8H6F3N3O/c1-15-7-12-4-2-3-5(8(9,10)11)13-6(4)14-7/h2-3H,1H3,(H,12,13,14). The molecule has 0 saturated heterocycles. The van der Waals surface area contributed by atoms with Crippen molar-refractivity contribution < 1.29 is 17.9 Å². The van der Waals surface area contributed by atoms with Gasteiger partial charge in [0.2, 0.25) is 0 Å². The Morgan fingerprint density at radius 1 is 1.27 bits per heavy atom. The van der Waals surface area contributed by atoms with Crippen LogP contribution in [0.15, 0.2) is 12.1 Å². The van der Waals surface area contributed by atoms with Crippen LogP contribution in [0.4, 0.5) is 13.2 Å². The number of H-pyrrole nitrogens is 1. The van der Waals surface area contributed by atoms with Crippen molar-refractivity contribution in [2.24, 2.45) is 0 Å². The van der Waals surface area contributed by atoms with E-state index in [9.17, 15) is 13.2 Å². The van der Waals surface area contributed by atoms with Gasteiger partial charge in [-0.15, -0.1) is 0 Å². The van der Waals surface area contributed by atoms with Gasteiger partial charge in [-0.3, -0.25) is 0 Å². The average Bonchev–Trinajstić information content (AvgIpc) is 2.57. The molecule has 4 nitrogen and oxygen atoms in total. The van der Waals surface area contributed by atoms with Crippen LogP contribution in [0.5, 0.6) is 6.01 Å². The summed E-state index contributed by atoms with van der Waals surface area (Å²) in [6, 6.07) is 2.29. The number of nitrogens with one attached hydrogen (secondary N) is 1. The Morgan fingerprint density at radius 2 is 2.00 bits per heavy atom. The molecule has 80 valence electrons. The lowest BCUT2D eigenvalue weighted by Crippen LogP contribution is -2.07. The zero-order chi connectivity index (χ0) is 11.1. The van der Waals surface area contributed by atoms with E-state index in [1.54, 1.807) is 0 Å². The number of alkyl halides is 3. The Balaban J connectivity index is 2.55. The number of imidazole rings is 1. The monoisotopic (exact) mass is 217 g/mol. The number of fused-ring (bicyclic) bond motifs is 1. The van der Waals surface area contributed by atoms with Crippen molar-refractivity contribution in [1.82, 2.24) is 15.0 Å². The molecular formula is C8H6F3N3O. The highest BCUT2D eigenvalue weighted by Crippen LogP contribution is 2.28. The number of aromatic nitrogens is 3. The Hall–Kier alpha value is -1.79. The van der Waals surface area contributed by atoms with Gasteiger partial charge < -0.3 is 9.72 Å². The van der Waals surface area contributed by atoms with E-state index >= 15 is 0 Å². The summed E-state index contributed by atoms with van der Waals surface area (Å²) in [6.07, 6.45) is -4.46. The van der Waals surface area contributed by atoms with Gasteiger partial charge in [0.1, 0.15) is 5.69 Å². The van der Waals surface area contributed by atoms with Crippen molar-refractivity contribution in [2.75, 3.05) is 7.11 Å². The van der Waals surface area contributed by atoms with Gasteiger partial charge in [-0.2, -0.15) is 18.2 Å². The number of hydrogen-bond donors (Lipinski definition) is 1. The molecule has 0 saturated carbocycles. The number of ether oxygens (including phenoxy) is 1.